The number of esters is 2. The molecule has 0 N–H and O–H groups in total. The Kier molecular flexibility index (Phi) is 7.53. The second-order valence-corrected chi connectivity index (χ2v) is 5.79. The molecule has 1 rings (SSSR count). The van der Waals surface area contributed by atoms with E-state index in [0.717, 1.165) is 11.8 Å². The van der Waals surface area contributed by atoms with Crippen LogP contribution >= 0.6 is 11.8 Å². The van der Waals surface area contributed by atoms with E-state index in [0.29, 0.717) is 11.3 Å². The van der Waals surface area contributed by atoms with Crippen LogP contribution in [-0.4, -0.2) is 35.8 Å². The van der Waals surface area contributed by atoms with Gasteiger partial charge in [-0.15, -0.1) is 11.8 Å². The largest absolute Gasteiger partial charge is 0.469 e. The van der Waals surface area contributed by atoms with Gasteiger partial charge in [0.25, 0.3) is 5.69 Å². The highest BCUT2D eigenvalue weighted by Gasteiger charge is 2.35. The number of methoxy groups -OCH3 is 1. The number of nitro groups is 1. The van der Waals surface area contributed by atoms with Gasteiger partial charge in [-0.3, -0.25) is 19.7 Å². The Hall–Kier alpha value is -2.09. The fraction of sp³-hybridized carbons (Fsp3) is 0.467. The lowest BCUT2D eigenvalue weighted by Gasteiger charge is -2.22. The molecule has 0 radical (unpaired) electrons. The summed E-state index contributed by atoms with van der Waals surface area (Å²) in [4.78, 5) is 34.9. The first-order chi connectivity index (χ1) is 10.9. The molecule has 0 heterocycles. The van der Waals surface area contributed by atoms with Gasteiger partial charge in [-0.25, -0.2) is 0 Å². The highest BCUT2D eigenvalue weighted by molar-refractivity contribution is 8.00. The lowest BCUT2D eigenvalue weighted by Crippen LogP contribution is -2.34. The van der Waals surface area contributed by atoms with Gasteiger partial charge < -0.3 is 9.47 Å². The molecule has 0 bridgehead atoms. The van der Waals surface area contributed by atoms with Gasteiger partial charge in [-0.05, 0) is 25.5 Å². The van der Waals surface area contributed by atoms with E-state index in [1.165, 1.54) is 19.2 Å². The van der Waals surface area contributed by atoms with Crippen LogP contribution in [0.1, 0.15) is 20.3 Å². The third kappa shape index (κ3) is 5.24. The molecule has 8 heteroatoms. The van der Waals surface area contributed by atoms with Gasteiger partial charge in [-0.2, -0.15) is 0 Å². The number of hydrogen-bond acceptors (Lipinski definition) is 7. The maximum Gasteiger partial charge on any atom is 0.320 e. The minimum Gasteiger partial charge on any atom is -0.469 e. The molecule has 0 aliphatic carbocycles. The molecular weight excluding hydrogens is 322 g/mol. The number of rotatable bonds is 8. The van der Waals surface area contributed by atoms with Crippen LogP contribution in [0, 0.1) is 16.0 Å². The van der Waals surface area contributed by atoms with Crippen LogP contribution in [0.5, 0.6) is 0 Å². The van der Waals surface area contributed by atoms with E-state index in [2.05, 4.69) is 0 Å². The van der Waals surface area contributed by atoms with Crippen LogP contribution in [0.15, 0.2) is 29.2 Å². The molecule has 0 aliphatic rings. The van der Waals surface area contributed by atoms with Crippen molar-refractivity contribution in [3.63, 3.8) is 0 Å². The van der Waals surface area contributed by atoms with Crippen LogP contribution in [0.2, 0.25) is 0 Å². The maximum absolute atomic E-state index is 12.2. The topological polar surface area (TPSA) is 95.7 Å². The van der Waals surface area contributed by atoms with Gasteiger partial charge in [0.1, 0.15) is 5.25 Å². The minimum atomic E-state index is -0.770. The number of carbonyl (C=O) groups excluding carboxylic acids is 2. The summed E-state index contributed by atoms with van der Waals surface area (Å²) in [6.07, 6.45) is 0.413. The van der Waals surface area contributed by atoms with Gasteiger partial charge in [0.2, 0.25) is 0 Å². The first-order valence-electron chi connectivity index (χ1n) is 7.10. The summed E-state index contributed by atoms with van der Waals surface area (Å²) in [6, 6.07) is 5.78. The molecule has 126 valence electrons. The average molecular weight is 341 g/mol. The lowest BCUT2D eigenvalue weighted by molar-refractivity contribution is -0.384. The molecule has 0 saturated carbocycles. The van der Waals surface area contributed by atoms with Gasteiger partial charge in [0.15, 0.2) is 0 Å². The smallest absolute Gasteiger partial charge is 0.320 e. The number of nitrogens with zero attached hydrogens (tertiary/aromatic N) is 1. The molecular formula is C15H19NO6S. The van der Waals surface area contributed by atoms with Crippen LogP contribution in [-0.2, 0) is 19.1 Å². The van der Waals surface area contributed by atoms with Gasteiger partial charge in [-0.1, -0.05) is 6.92 Å². The Balaban J connectivity index is 3.02. The summed E-state index contributed by atoms with van der Waals surface area (Å²) < 4.78 is 9.79. The fourth-order valence-electron chi connectivity index (χ4n) is 1.97. The minimum absolute atomic E-state index is 0.0398. The Morgan fingerprint density at radius 1 is 1.22 bits per heavy atom. The van der Waals surface area contributed by atoms with Crippen molar-refractivity contribution in [2.75, 3.05) is 13.7 Å². The number of thioether (sulfide) groups is 1. The number of ether oxygens (including phenoxy) is 2. The highest BCUT2D eigenvalue weighted by atomic mass is 32.2. The molecule has 0 aliphatic heterocycles. The Bertz CT molecular complexity index is 560. The van der Waals surface area contributed by atoms with Crippen LogP contribution in [0.4, 0.5) is 5.69 Å². The van der Waals surface area contributed by atoms with Gasteiger partial charge >= 0.3 is 11.9 Å². The normalized spacial score (nSPS) is 13.0. The van der Waals surface area contributed by atoms with E-state index in [-0.39, 0.29) is 12.3 Å². The second kappa shape index (κ2) is 9.14. The summed E-state index contributed by atoms with van der Waals surface area (Å²) in [6.45, 7) is 3.67. The summed E-state index contributed by atoms with van der Waals surface area (Å²) in [5, 5.41) is 9.90. The van der Waals surface area contributed by atoms with Crippen LogP contribution < -0.4 is 0 Å². The van der Waals surface area contributed by atoms with Crippen molar-refractivity contribution in [1.82, 2.24) is 0 Å². The number of nitro benzene ring substituents is 1. The predicted molar refractivity (Wildman–Crippen MR) is 85.2 cm³/mol. The quantitative estimate of drug-likeness (QED) is 0.310. The average Bonchev–Trinajstić information content (AvgIpc) is 2.54. The molecule has 23 heavy (non-hydrogen) atoms. The SMILES string of the molecule is CCOC(=O)[C@@H](Sc1ccc([N+](=O)[O-])cc1)[C@H](CC)C(=O)OC. The summed E-state index contributed by atoms with van der Waals surface area (Å²) >= 11 is 1.14. The second-order valence-electron chi connectivity index (χ2n) is 4.58. The van der Waals surface area contributed by atoms with E-state index in [1.54, 1.807) is 26.0 Å². The van der Waals surface area contributed by atoms with Crippen molar-refractivity contribution in [2.24, 2.45) is 5.92 Å². The monoisotopic (exact) mass is 341 g/mol. The number of non-ortho nitro benzene ring substituents is 1. The standard InChI is InChI=1S/C15H19NO6S/c1-4-12(14(17)21-3)13(15(18)22-5-2)23-11-8-6-10(7-9-11)16(19)20/h6-9,12-13H,4-5H2,1-3H3/t12-,13-/m0/s1. The molecule has 0 aromatic heterocycles. The molecule has 1 aromatic rings. The summed E-state index contributed by atoms with van der Waals surface area (Å²) in [7, 11) is 1.27. The number of carbonyl (C=O) groups is 2. The van der Waals surface area contributed by atoms with Crippen molar-refractivity contribution in [1.29, 1.82) is 0 Å². The zero-order valence-corrected chi connectivity index (χ0v) is 14.0. The predicted octanol–water partition coefficient (Wildman–Crippen LogP) is 2.82. The van der Waals surface area contributed by atoms with E-state index in [4.69, 9.17) is 9.47 Å². The Morgan fingerprint density at radius 3 is 2.26 bits per heavy atom. The van der Waals surface area contributed by atoms with E-state index in [1.807, 2.05) is 0 Å². The van der Waals surface area contributed by atoms with Crippen molar-refractivity contribution in [2.45, 2.75) is 30.4 Å². The first-order valence-corrected chi connectivity index (χ1v) is 7.98. The molecule has 1 aromatic carbocycles. The third-order valence-electron chi connectivity index (χ3n) is 3.14. The van der Waals surface area contributed by atoms with E-state index < -0.39 is 28.0 Å². The van der Waals surface area contributed by atoms with Gasteiger partial charge in [0.05, 0.1) is 24.6 Å². The van der Waals surface area contributed by atoms with Crippen molar-refractivity contribution < 1.29 is 24.0 Å². The van der Waals surface area contributed by atoms with Crippen LogP contribution in [0.3, 0.4) is 0 Å². The van der Waals surface area contributed by atoms with E-state index >= 15 is 0 Å². The highest BCUT2D eigenvalue weighted by Crippen LogP contribution is 2.32. The fourth-order valence-corrected chi connectivity index (χ4v) is 3.19. The zero-order valence-electron chi connectivity index (χ0n) is 13.2. The molecule has 2 atom stereocenters. The molecule has 7 nitrogen and oxygen atoms in total. The number of hydrogen-bond donors (Lipinski definition) is 0. The van der Waals surface area contributed by atoms with Crippen molar-refractivity contribution in [3.8, 4) is 0 Å². The maximum atomic E-state index is 12.2. The van der Waals surface area contributed by atoms with E-state index in [9.17, 15) is 19.7 Å². The molecule has 0 spiro atoms. The summed E-state index contributed by atoms with van der Waals surface area (Å²) in [5.41, 5.74) is -0.0398. The first kappa shape index (κ1) is 19.0. The molecule has 0 fully saturated rings. The van der Waals surface area contributed by atoms with Crippen molar-refractivity contribution in [3.05, 3.63) is 34.4 Å². The van der Waals surface area contributed by atoms with Crippen molar-refractivity contribution >= 4 is 29.4 Å². The number of benzene rings is 1. The Labute approximate surface area is 138 Å². The molecule has 0 saturated heterocycles. The summed E-state index contributed by atoms with van der Waals surface area (Å²) in [5.74, 6) is -1.65. The molecule has 0 amide bonds. The third-order valence-corrected chi connectivity index (χ3v) is 4.46. The van der Waals surface area contributed by atoms with Gasteiger partial charge in [0, 0.05) is 17.0 Å². The molecule has 0 unspecified atom stereocenters. The van der Waals surface area contributed by atoms with Crippen LogP contribution in [0.25, 0.3) is 0 Å². The Morgan fingerprint density at radius 2 is 1.83 bits per heavy atom. The zero-order chi connectivity index (χ0) is 17.4. The lowest BCUT2D eigenvalue weighted by atomic mass is 10.0.